The largest absolute Gasteiger partial charge is 0.378 e. The van der Waals surface area contributed by atoms with Crippen LogP contribution in [0.25, 0.3) is 17.1 Å². The van der Waals surface area contributed by atoms with Gasteiger partial charge in [-0.1, -0.05) is 17.4 Å². The fraction of sp³-hybridized carbons (Fsp3) is 0.222. The zero-order chi connectivity index (χ0) is 21.8. The van der Waals surface area contributed by atoms with E-state index < -0.39 is 10.8 Å². The maximum absolute atomic E-state index is 12.8. The summed E-state index contributed by atoms with van der Waals surface area (Å²) in [5, 5.41) is 30.1. The summed E-state index contributed by atoms with van der Waals surface area (Å²) < 4.78 is 5.79. The summed E-state index contributed by atoms with van der Waals surface area (Å²) in [7, 11) is 0. The lowest BCUT2D eigenvalue weighted by Crippen LogP contribution is -2.20. The van der Waals surface area contributed by atoms with Crippen LogP contribution in [0.2, 0.25) is 0 Å². The van der Waals surface area contributed by atoms with Crippen LogP contribution in [0.1, 0.15) is 29.8 Å². The standard InChI is InChI=1S/C18H17N9O4/c19-16-17(24-31-23-16)26-15(12-6-8-13(9-7-12)27(29)30)14(21-25-26)18(28)22-20-10-11-4-2-1-3-5-11/h1-2,6-11H,3-5H2,(H2,19,23)(H,22,28). The van der Waals surface area contributed by atoms with Gasteiger partial charge >= 0.3 is 0 Å². The van der Waals surface area contributed by atoms with Crippen molar-refractivity contribution in [1.29, 1.82) is 0 Å². The number of nitro benzene ring substituents is 1. The highest BCUT2D eigenvalue weighted by Gasteiger charge is 2.25. The van der Waals surface area contributed by atoms with Crippen LogP contribution in [0.15, 0.2) is 46.1 Å². The molecule has 31 heavy (non-hydrogen) atoms. The Morgan fingerprint density at radius 3 is 2.77 bits per heavy atom. The van der Waals surface area contributed by atoms with Gasteiger partial charge in [-0.3, -0.25) is 14.9 Å². The molecule has 4 rings (SSSR count). The molecule has 1 unspecified atom stereocenters. The third kappa shape index (κ3) is 4.14. The van der Waals surface area contributed by atoms with Crippen LogP contribution < -0.4 is 11.2 Å². The summed E-state index contributed by atoms with van der Waals surface area (Å²) in [6, 6.07) is 5.53. The number of nitrogen functional groups attached to an aromatic ring is 1. The second kappa shape index (κ2) is 8.52. The monoisotopic (exact) mass is 423 g/mol. The van der Waals surface area contributed by atoms with Crippen molar-refractivity contribution < 1.29 is 14.3 Å². The molecule has 2 heterocycles. The number of hydrogen-bond acceptors (Lipinski definition) is 10. The van der Waals surface area contributed by atoms with Gasteiger partial charge in [0.2, 0.25) is 11.6 Å². The second-order valence-electron chi connectivity index (χ2n) is 6.74. The predicted octanol–water partition coefficient (Wildman–Crippen LogP) is 1.88. The van der Waals surface area contributed by atoms with Gasteiger partial charge in [-0.05, 0) is 47.6 Å². The molecule has 158 valence electrons. The van der Waals surface area contributed by atoms with Crippen molar-refractivity contribution in [3.63, 3.8) is 0 Å². The smallest absolute Gasteiger partial charge is 0.294 e. The SMILES string of the molecule is Nc1nonc1-n1nnc(C(=O)NN=CC2CC=CCC2)c1-c1ccc([N+](=O)[O-])cc1. The van der Waals surface area contributed by atoms with Crippen molar-refractivity contribution >= 4 is 23.6 Å². The number of nitro groups is 1. The second-order valence-corrected chi connectivity index (χ2v) is 6.74. The third-order valence-electron chi connectivity index (χ3n) is 4.69. The molecule has 2 aromatic heterocycles. The summed E-state index contributed by atoms with van der Waals surface area (Å²) in [4.78, 5) is 23.2. The summed E-state index contributed by atoms with van der Waals surface area (Å²) in [6.45, 7) is 0. The van der Waals surface area contributed by atoms with Crippen LogP contribution in [0, 0.1) is 16.0 Å². The number of carbonyl (C=O) groups is 1. The van der Waals surface area contributed by atoms with E-state index in [1.54, 1.807) is 6.21 Å². The normalized spacial score (nSPS) is 15.9. The first-order chi connectivity index (χ1) is 15.0. The molecule has 0 saturated carbocycles. The minimum Gasteiger partial charge on any atom is -0.378 e. The Balaban J connectivity index is 1.67. The topological polar surface area (TPSA) is 180 Å². The van der Waals surface area contributed by atoms with E-state index in [4.69, 9.17) is 5.73 Å². The van der Waals surface area contributed by atoms with E-state index in [0.29, 0.717) is 5.56 Å². The molecule has 13 heteroatoms. The van der Waals surface area contributed by atoms with Gasteiger partial charge in [0.1, 0.15) is 5.69 Å². The molecular weight excluding hydrogens is 406 g/mol. The predicted molar refractivity (Wildman–Crippen MR) is 108 cm³/mol. The summed E-state index contributed by atoms with van der Waals surface area (Å²) in [5.74, 6) is -0.408. The molecule has 0 fully saturated rings. The molecule has 13 nitrogen and oxygen atoms in total. The van der Waals surface area contributed by atoms with Gasteiger partial charge in [0.15, 0.2) is 5.69 Å². The molecule has 3 N–H and O–H groups in total. The van der Waals surface area contributed by atoms with Crippen LogP contribution in [-0.2, 0) is 0 Å². The number of nitrogens with zero attached hydrogens (tertiary/aromatic N) is 7. The zero-order valence-corrected chi connectivity index (χ0v) is 16.1. The number of nitrogens with two attached hydrogens (primary N) is 1. The number of nitrogens with one attached hydrogen (secondary N) is 1. The Kier molecular flexibility index (Phi) is 5.47. The first-order valence-electron chi connectivity index (χ1n) is 9.32. The number of hydrogen-bond donors (Lipinski definition) is 2. The van der Waals surface area contributed by atoms with Gasteiger partial charge in [0, 0.05) is 23.9 Å². The zero-order valence-electron chi connectivity index (χ0n) is 16.1. The Morgan fingerprint density at radius 1 is 1.32 bits per heavy atom. The number of amides is 1. The van der Waals surface area contributed by atoms with Gasteiger partial charge in [-0.2, -0.15) is 9.78 Å². The Hall–Kier alpha value is -4.42. The van der Waals surface area contributed by atoms with E-state index in [-0.39, 0.29) is 34.6 Å². The van der Waals surface area contributed by atoms with Crippen molar-refractivity contribution in [3.8, 4) is 17.1 Å². The van der Waals surface area contributed by atoms with Gasteiger partial charge in [0.05, 0.1) is 4.92 Å². The average molecular weight is 423 g/mol. The Labute approximate surface area is 174 Å². The van der Waals surface area contributed by atoms with Crippen LogP contribution >= 0.6 is 0 Å². The molecule has 0 bridgehead atoms. The first kappa shape index (κ1) is 19.9. The highest BCUT2D eigenvalue weighted by molar-refractivity contribution is 5.98. The quantitative estimate of drug-likeness (QED) is 0.259. The van der Waals surface area contributed by atoms with Crippen molar-refractivity contribution in [1.82, 2.24) is 30.7 Å². The van der Waals surface area contributed by atoms with Crippen LogP contribution in [0.5, 0.6) is 0 Å². The van der Waals surface area contributed by atoms with E-state index in [2.05, 4.69) is 47.9 Å². The number of aromatic nitrogens is 5. The van der Waals surface area contributed by atoms with Crippen molar-refractivity contribution in [3.05, 3.63) is 52.2 Å². The molecule has 1 aliphatic rings. The molecule has 3 aromatic rings. The van der Waals surface area contributed by atoms with Crippen LogP contribution in [-0.4, -0.2) is 42.4 Å². The van der Waals surface area contributed by atoms with Gasteiger partial charge in [-0.25, -0.2) is 10.1 Å². The van der Waals surface area contributed by atoms with Gasteiger partial charge in [0.25, 0.3) is 11.6 Å². The lowest BCUT2D eigenvalue weighted by Gasteiger charge is -2.11. The number of allylic oxidation sites excluding steroid dienone is 2. The number of anilines is 1. The number of carbonyl (C=O) groups excluding carboxylic acids is 1. The Morgan fingerprint density at radius 2 is 2.13 bits per heavy atom. The van der Waals surface area contributed by atoms with Gasteiger partial charge in [-0.15, -0.1) is 5.10 Å². The van der Waals surface area contributed by atoms with Crippen LogP contribution in [0.3, 0.4) is 0 Å². The first-order valence-corrected chi connectivity index (χ1v) is 9.32. The molecule has 1 atom stereocenters. The lowest BCUT2D eigenvalue weighted by molar-refractivity contribution is -0.384. The molecule has 1 aromatic carbocycles. The fourth-order valence-corrected chi connectivity index (χ4v) is 3.13. The maximum Gasteiger partial charge on any atom is 0.294 e. The lowest BCUT2D eigenvalue weighted by atomic mass is 9.96. The Bertz CT molecular complexity index is 1160. The summed E-state index contributed by atoms with van der Waals surface area (Å²) in [5.41, 5.74) is 8.65. The number of non-ortho nitro benzene ring substituents is 1. The van der Waals surface area contributed by atoms with Crippen LogP contribution in [0.4, 0.5) is 11.5 Å². The van der Waals surface area contributed by atoms with Crippen molar-refractivity contribution in [2.24, 2.45) is 11.0 Å². The molecular formula is C18H17N9O4. The highest BCUT2D eigenvalue weighted by atomic mass is 16.6. The van der Waals surface area contributed by atoms with E-state index in [1.807, 2.05) is 0 Å². The fourth-order valence-electron chi connectivity index (χ4n) is 3.13. The molecule has 1 amide bonds. The molecule has 0 aliphatic heterocycles. The highest BCUT2D eigenvalue weighted by Crippen LogP contribution is 2.28. The average Bonchev–Trinajstić information content (AvgIpc) is 3.40. The van der Waals surface area contributed by atoms with Crippen molar-refractivity contribution in [2.75, 3.05) is 5.73 Å². The third-order valence-corrected chi connectivity index (χ3v) is 4.69. The molecule has 0 saturated heterocycles. The number of benzene rings is 1. The maximum atomic E-state index is 12.8. The number of hydrazone groups is 1. The van der Waals surface area contributed by atoms with Crippen molar-refractivity contribution in [2.45, 2.75) is 19.3 Å². The molecule has 0 spiro atoms. The van der Waals surface area contributed by atoms with E-state index in [9.17, 15) is 14.9 Å². The molecule has 1 aliphatic carbocycles. The van der Waals surface area contributed by atoms with E-state index >= 15 is 0 Å². The minimum atomic E-state index is -0.614. The van der Waals surface area contributed by atoms with Gasteiger partial charge < -0.3 is 5.73 Å². The minimum absolute atomic E-state index is 0.0254. The summed E-state index contributed by atoms with van der Waals surface area (Å²) in [6.07, 6.45) is 8.67. The molecule has 0 radical (unpaired) electrons. The van der Waals surface area contributed by atoms with E-state index in [0.717, 1.165) is 19.3 Å². The number of rotatable bonds is 6. The van der Waals surface area contributed by atoms with E-state index in [1.165, 1.54) is 28.9 Å². The summed E-state index contributed by atoms with van der Waals surface area (Å²) >= 11 is 0.